The molecular formula is C19H28N2Na2O6S2. The number of unbranched alkanes of at least 4 members (excludes halogenated alkanes) is 7. The molecule has 1 heterocycles. The van der Waals surface area contributed by atoms with Gasteiger partial charge in [0.2, 0.25) is 0 Å². The monoisotopic (exact) mass is 490 g/mol. The fourth-order valence-electron chi connectivity index (χ4n) is 3.42. The van der Waals surface area contributed by atoms with Crippen molar-refractivity contribution in [1.29, 1.82) is 0 Å². The quantitative estimate of drug-likeness (QED) is 0.165. The Balaban J connectivity index is 0.00000450. The van der Waals surface area contributed by atoms with Crippen LogP contribution in [0.4, 0.5) is 0 Å². The molecule has 12 heteroatoms. The van der Waals surface area contributed by atoms with Crippen LogP contribution in [0.15, 0.2) is 33.9 Å². The molecule has 0 N–H and O–H groups in total. The SMILES string of the molecule is CCCCCCCCCCC(C)C1=NC2=CC(S(=O)(=O)[O-])(S(=O)(=O)[O-])C=CC2=N1.[Na+].[Na+]. The first-order valence-corrected chi connectivity index (χ1v) is 12.8. The van der Waals surface area contributed by atoms with E-state index in [2.05, 4.69) is 16.9 Å². The minimum absolute atomic E-state index is 0. The third-order valence-corrected chi connectivity index (χ3v) is 8.55. The Labute approximate surface area is 230 Å². The molecule has 0 aromatic heterocycles. The zero-order chi connectivity index (χ0) is 21.7. The van der Waals surface area contributed by atoms with Gasteiger partial charge in [0.1, 0.15) is 26.1 Å². The van der Waals surface area contributed by atoms with Gasteiger partial charge in [0, 0.05) is 5.92 Å². The predicted molar refractivity (Wildman–Crippen MR) is 111 cm³/mol. The van der Waals surface area contributed by atoms with Gasteiger partial charge in [0.25, 0.3) is 0 Å². The first kappa shape index (κ1) is 31.6. The second-order valence-electron chi connectivity index (χ2n) is 7.62. The van der Waals surface area contributed by atoms with E-state index in [-0.39, 0.29) is 76.4 Å². The van der Waals surface area contributed by atoms with E-state index in [1.54, 1.807) is 0 Å². The predicted octanol–water partition coefficient (Wildman–Crippen LogP) is -2.75. The Hall–Kier alpha value is 0.640. The summed E-state index contributed by atoms with van der Waals surface area (Å²) in [5.41, 5.74) is 0.190. The van der Waals surface area contributed by atoms with E-state index >= 15 is 0 Å². The van der Waals surface area contributed by atoms with Crippen molar-refractivity contribution in [3.05, 3.63) is 23.9 Å². The summed E-state index contributed by atoms with van der Waals surface area (Å²) in [5, 5.41) is 0. The molecular weight excluding hydrogens is 462 g/mol. The molecule has 0 amide bonds. The van der Waals surface area contributed by atoms with E-state index < -0.39 is 24.3 Å². The molecule has 1 aliphatic carbocycles. The number of aliphatic imine (C=N–C) groups is 2. The maximum absolute atomic E-state index is 11.5. The van der Waals surface area contributed by atoms with E-state index in [4.69, 9.17) is 0 Å². The summed E-state index contributed by atoms with van der Waals surface area (Å²) in [6.07, 6.45) is 12.7. The normalized spacial score (nSPS) is 18.1. The molecule has 1 atom stereocenters. The molecule has 0 fully saturated rings. The maximum Gasteiger partial charge on any atom is 1.00 e. The van der Waals surface area contributed by atoms with Crippen LogP contribution in [0.1, 0.15) is 71.6 Å². The number of fused-ring (bicyclic) bond motifs is 1. The van der Waals surface area contributed by atoms with Crippen LogP contribution in [0, 0.1) is 5.92 Å². The Morgan fingerprint density at radius 2 is 1.42 bits per heavy atom. The van der Waals surface area contributed by atoms with E-state index in [1.165, 1.54) is 38.5 Å². The van der Waals surface area contributed by atoms with Gasteiger partial charge < -0.3 is 9.11 Å². The van der Waals surface area contributed by atoms with E-state index in [0.29, 0.717) is 18.0 Å². The second kappa shape index (κ2) is 13.5. The smallest absolute Gasteiger partial charge is 0.746 e. The molecule has 31 heavy (non-hydrogen) atoms. The minimum Gasteiger partial charge on any atom is -0.746 e. The fraction of sp³-hybridized carbons (Fsp3) is 0.684. The summed E-state index contributed by atoms with van der Waals surface area (Å²) < 4.78 is 66.0. The molecule has 8 nitrogen and oxygen atoms in total. The molecule has 0 saturated heterocycles. The molecule has 1 aliphatic heterocycles. The summed E-state index contributed by atoms with van der Waals surface area (Å²) in [5.74, 6) is 0.436. The van der Waals surface area contributed by atoms with Crippen LogP contribution in [0.2, 0.25) is 0 Å². The van der Waals surface area contributed by atoms with Crippen LogP contribution >= 0.6 is 0 Å². The van der Waals surface area contributed by atoms with Crippen molar-refractivity contribution in [2.75, 3.05) is 0 Å². The Morgan fingerprint density at radius 3 is 1.94 bits per heavy atom. The van der Waals surface area contributed by atoms with Crippen LogP contribution in [0.3, 0.4) is 0 Å². The Kier molecular flexibility index (Phi) is 13.8. The van der Waals surface area contributed by atoms with Gasteiger partial charge in [0.05, 0.1) is 11.4 Å². The van der Waals surface area contributed by atoms with Crippen molar-refractivity contribution in [1.82, 2.24) is 0 Å². The zero-order valence-corrected chi connectivity index (χ0v) is 24.5. The van der Waals surface area contributed by atoms with E-state index in [1.807, 2.05) is 6.92 Å². The van der Waals surface area contributed by atoms with Crippen molar-refractivity contribution in [3.63, 3.8) is 0 Å². The average molecular weight is 491 g/mol. The van der Waals surface area contributed by atoms with Gasteiger partial charge >= 0.3 is 59.1 Å². The molecule has 2 aliphatic rings. The zero-order valence-electron chi connectivity index (χ0n) is 18.8. The summed E-state index contributed by atoms with van der Waals surface area (Å²) in [6.45, 7) is 4.13. The van der Waals surface area contributed by atoms with Crippen LogP contribution in [0.25, 0.3) is 0 Å². The van der Waals surface area contributed by atoms with Crippen LogP contribution in [-0.4, -0.2) is 41.6 Å². The van der Waals surface area contributed by atoms with Gasteiger partial charge in [-0.2, -0.15) is 0 Å². The summed E-state index contributed by atoms with van der Waals surface area (Å²) in [7, 11) is -11.0. The summed E-state index contributed by atoms with van der Waals surface area (Å²) in [6, 6.07) is 0. The summed E-state index contributed by atoms with van der Waals surface area (Å²) >= 11 is 0. The number of amidine groups is 1. The van der Waals surface area contributed by atoms with E-state index in [0.717, 1.165) is 25.3 Å². The van der Waals surface area contributed by atoms with Crippen molar-refractivity contribution in [2.24, 2.45) is 15.9 Å². The molecule has 164 valence electrons. The standard InChI is InChI=1S/C19H30N2O6S2.2Na/c1-3-4-5-6-7-8-9-10-11-15(2)18-20-16-12-13-19(28(22,23)24,29(25,26)27)14-17(16)21-18;;/h12-15H,3-11H2,1-2H3,(H,22,23,24)(H,25,26,27);;/q;2*+1/p-2. The molecule has 0 aromatic carbocycles. The molecule has 0 radical (unpaired) electrons. The van der Waals surface area contributed by atoms with Crippen molar-refractivity contribution < 1.29 is 85.1 Å². The van der Waals surface area contributed by atoms with E-state index in [9.17, 15) is 25.9 Å². The van der Waals surface area contributed by atoms with Gasteiger partial charge in [-0.05, 0) is 24.6 Å². The molecule has 0 aromatic rings. The van der Waals surface area contributed by atoms with Crippen LogP contribution < -0.4 is 59.1 Å². The van der Waals surface area contributed by atoms with Gasteiger partial charge in [-0.3, -0.25) is 0 Å². The largest absolute Gasteiger partial charge is 1.00 e. The third kappa shape index (κ3) is 8.12. The molecule has 0 spiro atoms. The third-order valence-electron chi connectivity index (χ3n) is 5.26. The van der Waals surface area contributed by atoms with Crippen molar-refractivity contribution in [2.45, 2.75) is 75.7 Å². The average Bonchev–Trinajstić information content (AvgIpc) is 3.05. The number of allylic oxidation sites excluding steroid dienone is 1. The van der Waals surface area contributed by atoms with Gasteiger partial charge in [-0.15, -0.1) is 0 Å². The molecule has 0 saturated carbocycles. The first-order chi connectivity index (χ1) is 13.5. The summed E-state index contributed by atoms with van der Waals surface area (Å²) in [4.78, 5) is 8.50. The number of hydrogen-bond donors (Lipinski definition) is 0. The van der Waals surface area contributed by atoms with Crippen LogP contribution in [0.5, 0.6) is 0 Å². The molecule has 2 rings (SSSR count). The molecule has 1 unspecified atom stereocenters. The van der Waals surface area contributed by atoms with Gasteiger partial charge in [-0.25, -0.2) is 26.8 Å². The first-order valence-electron chi connectivity index (χ1n) is 10.0. The second-order valence-corrected chi connectivity index (χ2v) is 11.1. The number of rotatable bonds is 12. The van der Waals surface area contributed by atoms with Crippen molar-refractivity contribution in [3.8, 4) is 0 Å². The van der Waals surface area contributed by atoms with Crippen molar-refractivity contribution >= 4 is 31.8 Å². The number of hydrogen-bond acceptors (Lipinski definition) is 8. The maximum atomic E-state index is 11.5. The van der Waals surface area contributed by atoms with Gasteiger partial charge in [-0.1, -0.05) is 65.2 Å². The molecule has 0 bridgehead atoms. The Morgan fingerprint density at radius 1 is 0.903 bits per heavy atom. The van der Waals surface area contributed by atoms with Crippen LogP contribution in [-0.2, 0) is 20.2 Å². The minimum atomic E-state index is -5.49. The topological polar surface area (TPSA) is 139 Å². The van der Waals surface area contributed by atoms with Gasteiger partial charge in [0.15, 0.2) is 4.08 Å². The fourth-order valence-corrected chi connectivity index (χ4v) is 5.40. The number of nitrogens with zero attached hydrogens (tertiary/aromatic N) is 2. The Bertz CT molecular complexity index is 908.